The first-order chi connectivity index (χ1) is 12.3. The van der Waals surface area contributed by atoms with Crippen molar-refractivity contribution < 1.29 is 4.39 Å². The number of hydrogen-bond acceptors (Lipinski definition) is 3. The first-order valence-corrected chi connectivity index (χ1v) is 9.76. The quantitative estimate of drug-likeness (QED) is 0.387. The second kappa shape index (κ2) is 11.5. The summed E-state index contributed by atoms with van der Waals surface area (Å²) in [6.07, 6.45) is 4.69. The summed E-state index contributed by atoms with van der Waals surface area (Å²) in [6.45, 7) is 5.29. The lowest BCUT2D eigenvalue weighted by Crippen LogP contribution is -2.38. The van der Waals surface area contributed by atoms with Gasteiger partial charge in [-0.25, -0.2) is 4.39 Å². The molecule has 0 atom stereocenters. The molecule has 0 aliphatic rings. The zero-order valence-corrected chi connectivity index (χ0v) is 15.4. The van der Waals surface area contributed by atoms with Crippen molar-refractivity contribution in [2.45, 2.75) is 25.6 Å². The minimum atomic E-state index is -0.130. The van der Waals surface area contributed by atoms with Crippen LogP contribution >= 0.6 is 11.8 Å². The smallest absolute Gasteiger partial charge is 0.191 e. The normalized spacial score (nSPS) is 11.5. The summed E-state index contributed by atoms with van der Waals surface area (Å²) in [5.41, 5.74) is 0.756. The van der Waals surface area contributed by atoms with Gasteiger partial charge in [0.15, 0.2) is 5.96 Å². The van der Waals surface area contributed by atoms with E-state index in [0.717, 1.165) is 49.9 Å². The van der Waals surface area contributed by atoms with Crippen LogP contribution in [0.1, 0.15) is 18.9 Å². The van der Waals surface area contributed by atoms with Crippen LogP contribution in [0.3, 0.4) is 0 Å². The summed E-state index contributed by atoms with van der Waals surface area (Å²) in [6, 6.07) is 8.86. The van der Waals surface area contributed by atoms with Gasteiger partial charge in [0.25, 0.3) is 0 Å². The van der Waals surface area contributed by atoms with Gasteiger partial charge in [-0.05, 0) is 31.0 Å². The van der Waals surface area contributed by atoms with E-state index in [1.807, 2.05) is 36.0 Å². The summed E-state index contributed by atoms with van der Waals surface area (Å²) in [5, 5.41) is 10.7. The Morgan fingerprint density at radius 2 is 2.16 bits per heavy atom. The zero-order chi connectivity index (χ0) is 17.7. The molecule has 0 amide bonds. The van der Waals surface area contributed by atoms with E-state index in [9.17, 15) is 4.39 Å². The number of guanidine groups is 1. The fourth-order valence-corrected chi connectivity index (χ4v) is 3.08. The molecule has 25 heavy (non-hydrogen) atoms. The summed E-state index contributed by atoms with van der Waals surface area (Å²) >= 11 is 1.71. The van der Waals surface area contributed by atoms with Crippen LogP contribution in [0.5, 0.6) is 0 Å². The molecule has 1 aromatic heterocycles. The van der Waals surface area contributed by atoms with Crippen molar-refractivity contribution >= 4 is 17.7 Å². The molecule has 2 aromatic rings. The SMILES string of the molecule is CCNC(=NCCCn1cccn1)NCCSCc1ccccc1F. The van der Waals surface area contributed by atoms with Crippen LogP contribution in [0.15, 0.2) is 47.7 Å². The molecule has 0 aliphatic heterocycles. The molecule has 0 unspecified atom stereocenters. The third-order valence-electron chi connectivity index (χ3n) is 3.47. The molecule has 1 aromatic carbocycles. The van der Waals surface area contributed by atoms with E-state index in [1.54, 1.807) is 24.0 Å². The highest BCUT2D eigenvalue weighted by molar-refractivity contribution is 7.98. The number of aliphatic imine (C=N–C) groups is 1. The number of hydrogen-bond donors (Lipinski definition) is 2. The van der Waals surface area contributed by atoms with Crippen LogP contribution in [-0.2, 0) is 12.3 Å². The van der Waals surface area contributed by atoms with Crippen LogP contribution in [0.25, 0.3) is 0 Å². The Hall–Kier alpha value is -2.02. The number of thioether (sulfide) groups is 1. The van der Waals surface area contributed by atoms with Crippen LogP contribution in [0, 0.1) is 5.82 Å². The van der Waals surface area contributed by atoms with Gasteiger partial charge in [0, 0.05) is 50.1 Å². The molecule has 0 saturated carbocycles. The second-order valence-corrected chi connectivity index (χ2v) is 6.56. The van der Waals surface area contributed by atoms with Gasteiger partial charge in [0.1, 0.15) is 5.82 Å². The average molecular weight is 364 g/mol. The van der Waals surface area contributed by atoms with Gasteiger partial charge < -0.3 is 10.6 Å². The molecule has 0 spiro atoms. The number of rotatable bonds is 10. The number of benzene rings is 1. The van der Waals surface area contributed by atoms with Crippen molar-refractivity contribution in [2.75, 3.05) is 25.4 Å². The third-order valence-corrected chi connectivity index (χ3v) is 4.48. The predicted molar refractivity (Wildman–Crippen MR) is 103 cm³/mol. The largest absolute Gasteiger partial charge is 0.357 e. The zero-order valence-electron chi connectivity index (χ0n) is 14.6. The van der Waals surface area contributed by atoms with Crippen molar-refractivity contribution in [2.24, 2.45) is 4.99 Å². The monoisotopic (exact) mass is 363 g/mol. The van der Waals surface area contributed by atoms with Gasteiger partial charge in [-0.2, -0.15) is 16.9 Å². The van der Waals surface area contributed by atoms with Crippen molar-refractivity contribution in [1.82, 2.24) is 20.4 Å². The Bertz CT molecular complexity index is 630. The molecule has 0 fully saturated rings. The van der Waals surface area contributed by atoms with Gasteiger partial charge in [0.2, 0.25) is 0 Å². The molecule has 136 valence electrons. The van der Waals surface area contributed by atoms with Crippen LogP contribution in [0.4, 0.5) is 4.39 Å². The lowest BCUT2D eigenvalue weighted by atomic mass is 10.2. The summed E-state index contributed by atoms with van der Waals surface area (Å²) in [7, 11) is 0. The van der Waals surface area contributed by atoms with Gasteiger partial charge >= 0.3 is 0 Å². The molecule has 5 nitrogen and oxygen atoms in total. The standard InChI is InChI=1S/C18H26FN5S/c1-2-20-18(21-9-5-12-24-13-6-10-23-24)22-11-14-25-15-16-7-3-4-8-17(16)19/h3-4,6-8,10,13H,2,5,9,11-12,14-15H2,1H3,(H2,20,21,22). The number of halogens is 1. The maximum Gasteiger partial charge on any atom is 0.191 e. The summed E-state index contributed by atoms with van der Waals surface area (Å²) in [5.74, 6) is 2.28. The van der Waals surface area contributed by atoms with Crippen molar-refractivity contribution in [3.05, 3.63) is 54.1 Å². The fraction of sp³-hybridized carbons (Fsp3) is 0.444. The molecule has 2 rings (SSSR count). The van der Waals surface area contributed by atoms with Gasteiger partial charge in [-0.1, -0.05) is 18.2 Å². The lowest BCUT2D eigenvalue weighted by Gasteiger charge is -2.11. The van der Waals surface area contributed by atoms with Crippen LogP contribution < -0.4 is 10.6 Å². The maximum atomic E-state index is 13.5. The average Bonchev–Trinajstić information content (AvgIpc) is 3.13. The van der Waals surface area contributed by atoms with E-state index in [-0.39, 0.29) is 5.82 Å². The molecular weight excluding hydrogens is 337 g/mol. The third kappa shape index (κ3) is 7.60. The Balaban J connectivity index is 1.63. The molecule has 2 N–H and O–H groups in total. The Labute approximate surface area is 153 Å². The first kappa shape index (κ1) is 19.3. The Morgan fingerprint density at radius 1 is 1.28 bits per heavy atom. The molecule has 0 aliphatic carbocycles. The highest BCUT2D eigenvalue weighted by Gasteiger charge is 2.01. The van der Waals surface area contributed by atoms with E-state index in [2.05, 4.69) is 20.7 Å². The summed E-state index contributed by atoms with van der Waals surface area (Å²) in [4.78, 5) is 4.57. The molecule has 0 bridgehead atoms. The molecule has 0 saturated heterocycles. The highest BCUT2D eigenvalue weighted by Crippen LogP contribution is 2.14. The highest BCUT2D eigenvalue weighted by atomic mass is 32.2. The number of nitrogens with zero attached hydrogens (tertiary/aromatic N) is 3. The molecule has 0 radical (unpaired) electrons. The second-order valence-electron chi connectivity index (χ2n) is 5.45. The van der Waals surface area contributed by atoms with Crippen molar-refractivity contribution in [3.63, 3.8) is 0 Å². The molecular formula is C18H26FN5S. The van der Waals surface area contributed by atoms with Crippen LogP contribution in [-0.4, -0.2) is 41.1 Å². The minimum Gasteiger partial charge on any atom is -0.357 e. The lowest BCUT2D eigenvalue weighted by molar-refractivity contribution is 0.584. The van der Waals surface area contributed by atoms with Gasteiger partial charge in [-0.3, -0.25) is 9.67 Å². The van der Waals surface area contributed by atoms with Gasteiger partial charge in [0.05, 0.1) is 0 Å². The number of nitrogens with one attached hydrogen (secondary N) is 2. The Kier molecular flexibility index (Phi) is 8.90. The first-order valence-electron chi connectivity index (χ1n) is 8.60. The number of aromatic nitrogens is 2. The maximum absolute atomic E-state index is 13.5. The van der Waals surface area contributed by atoms with E-state index in [4.69, 9.17) is 0 Å². The molecule has 1 heterocycles. The topological polar surface area (TPSA) is 54.2 Å². The summed E-state index contributed by atoms with van der Waals surface area (Å²) < 4.78 is 15.4. The fourth-order valence-electron chi connectivity index (χ4n) is 2.24. The van der Waals surface area contributed by atoms with Crippen molar-refractivity contribution in [3.8, 4) is 0 Å². The van der Waals surface area contributed by atoms with E-state index in [1.165, 1.54) is 6.07 Å². The number of aryl methyl sites for hydroxylation is 1. The van der Waals surface area contributed by atoms with Crippen molar-refractivity contribution in [1.29, 1.82) is 0 Å². The Morgan fingerprint density at radius 3 is 2.92 bits per heavy atom. The van der Waals surface area contributed by atoms with E-state index < -0.39 is 0 Å². The van der Waals surface area contributed by atoms with E-state index >= 15 is 0 Å². The van der Waals surface area contributed by atoms with E-state index in [0.29, 0.717) is 5.75 Å². The molecule has 7 heteroatoms. The van der Waals surface area contributed by atoms with Gasteiger partial charge in [-0.15, -0.1) is 0 Å². The van der Waals surface area contributed by atoms with Crippen LogP contribution in [0.2, 0.25) is 0 Å². The minimum absolute atomic E-state index is 0.130. The predicted octanol–water partition coefficient (Wildman–Crippen LogP) is 2.90.